The standard InChI is InChI=1S/C18H14ClN5/c19-16-8-13(15-11-23-18-14(15)2-1-5-21-18)9-17(24-16)22-10-12-3-6-20-7-4-12/h1-9,11H,10H2,(H,21,23)(H,22,24). The maximum atomic E-state index is 6.21. The average Bonchev–Trinajstić information content (AvgIpc) is 3.05. The molecular weight excluding hydrogens is 322 g/mol. The summed E-state index contributed by atoms with van der Waals surface area (Å²) in [6.45, 7) is 0.657. The van der Waals surface area contributed by atoms with Crippen molar-refractivity contribution in [3.8, 4) is 11.1 Å². The van der Waals surface area contributed by atoms with Crippen molar-refractivity contribution >= 4 is 28.5 Å². The number of rotatable bonds is 4. The summed E-state index contributed by atoms with van der Waals surface area (Å²) in [6, 6.07) is 11.7. The first-order valence-corrected chi connectivity index (χ1v) is 7.90. The molecule has 0 amide bonds. The van der Waals surface area contributed by atoms with Crippen LogP contribution < -0.4 is 5.32 Å². The van der Waals surface area contributed by atoms with Crippen molar-refractivity contribution in [2.75, 3.05) is 5.32 Å². The Labute approximate surface area is 143 Å². The first kappa shape index (κ1) is 14.7. The quantitative estimate of drug-likeness (QED) is 0.546. The summed E-state index contributed by atoms with van der Waals surface area (Å²) in [4.78, 5) is 15.9. The van der Waals surface area contributed by atoms with Crippen LogP contribution in [-0.2, 0) is 6.54 Å². The van der Waals surface area contributed by atoms with Gasteiger partial charge in [0.25, 0.3) is 0 Å². The van der Waals surface area contributed by atoms with Gasteiger partial charge in [-0.1, -0.05) is 11.6 Å². The minimum absolute atomic E-state index is 0.447. The number of nitrogens with zero attached hydrogens (tertiary/aromatic N) is 3. The highest BCUT2D eigenvalue weighted by atomic mass is 35.5. The number of aromatic amines is 1. The van der Waals surface area contributed by atoms with Crippen LogP contribution in [0.15, 0.2) is 61.2 Å². The van der Waals surface area contributed by atoms with Gasteiger partial charge in [-0.05, 0) is 47.5 Å². The summed E-state index contributed by atoms with van der Waals surface area (Å²) in [5, 5.41) is 4.81. The summed E-state index contributed by atoms with van der Waals surface area (Å²) in [6.07, 6.45) is 7.25. The zero-order valence-corrected chi connectivity index (χ0v) is 13.5. The van der Waals surface area contributed by atoms with Crippen molar-refractivity contribution < 1.29 is 0 Å². The molecule has 4 rings (SSSR count). The first-order valence-electron chi connectivity index (χ1n) is 7.52. The van der Waals surface area contributed by atoms with Gasteiger partial charge >= 0.3 is 0 Å². The zero-order valence-electron chi connectivity index (χ0n) is 12.7. The Bertz CT molecular complexity index is 981. The summed E-state index contributed by atoms with van der Waals surface area (Å²) in [5.74, 6) is 0.729. The van der Waals surface area contributed by atoms with Crippen molar-refractivity contribution in [2.24, 2.45) is 0 Å². The Hall–Kier alpha value is -2.92. The van der Waals surface area contributed by atoms with Gasteiger partial charge in [0.2, 0.25) is 0 Å². The molecule has 0 fully saturated rings. The molecule has 4 aromatic rings. The summed E-state index contributed by atoms with van der Waals surface area (Å²) in [5.41, 5.74) is 4.03. The van der Waals surface area contributed by atoms with Gasteiger partial charge in [-0.25, -0.2) is 9.97 Å². The predicted molar refractivity (Wildman–Crippen MR) is 95.9 cm³/mol. The molecule has 0 spiro atoms. The van der Waals surface area contributed by atoms with Crippen molar-refractivity contribution in [1.82, 2.24) is 19.9 Å². The third kappa shape index (κ3) is 2.94. The lowest BCUT2D eigenvalue weighted by molar-refractivity contribution is 1.10. The molecule has 6 heteroatoms. The fourth-order valence-corrected chi connectivity index (χ4v) is 2.84. The maximum absolute atomic E-state index is 6.21. The van der Waals surface area contributed by atoms with Crippen LogP contribution in [0.2, 0.25) is 5.15 Å². The molecule has 0 unspecified atom stereocenters. The lowest BCUT2D eigenvalue weighted by atomic mass is 10.1. The van der Waals surface area contributed by atoms with E-state index in [1.165, 1.54) is 0 Å². The molecular formula is C18H14ClN5. The van der Waals surface area contributed by atoms with Crippen LogP contribution in [0.25, 0.3) is 22.2 Å². The van der Waals surface area contributed by atoms with Gasteiger partial charge in [-0.2, -0.15) is 0 Å². The van der Waals surface area contributed by atoms with E-state index in [1.54, 1.807) is 18.6 Å². The highest BCUT2D eigenvalue weighted by Gasteiger charge is 2.09. The number of anilines is 1. The van der Waals surface area contributed by atoms with Gasteiger partial charge in [0.05, 0.1) is 0 Å². The number of halogens is 1. The van der Waals surface area contributed by atoms with Crippen LogP contribution in [0.1, 0.15) is 5.56 Å². The Morgan fingerprint density at radius 2 is 1.96 bits per heavy atom. The van der Waals surface area contributed by atoms with Crippen LogP contribution in [0.3, 0.4) is 0 Å². The average molecular weight is 336 g/mol. The smallest absolute Gasteiger partial charge is 0.137 e. The second-order valence-electron chi connectivity index (χ2n) is 5.37. The van der Waals surface area contributed by atoms with Crippen LogP contribution in [0.4, 0.5) is 5.82 Å². The Balaban J connectivity index is 1.66. The number of H-pyrrole nitrogens is 1. The van der Waals surface area contributed by atoms with Gasteiger partial charge in [-0.15, -0.1) is 0 Å². The molecule has 0 aliphatic heterocycles. The van der Waals surface area contributed by atoms with Crippen LogP contribution in [0.5, 0.6) is 0 Å². The number of fused-ring (bicyclic) bond motifs is 1. The minimum Gasteiger partial charge on any atom is -0.366 e. The minimum atomic E-state index is 0.447. The number of hydrogen-bond donors (Lipinski definition) is 2. The topological polar surface area (TPSA) is 66.5 Å². The number of hydrogen-bond acceptors (Lipinski definition) is 4. The summed E-state index contributed by atoms with van der Waals surface area (Å²) in [7, 11) is 0. The molecule has 24 heavy (non-hydrogen) atoms. The van der Waals surface area contributed by atoms with E-state index in [1.807, 2.05) is 42.6 Å². The SMILES string of the molecule is Clc1cc(-c2c[nH]c3ncccc23)cc(NCc2ccncc2)n1. The molecule has 0 aromatic carbocycles. The molecule has 4 aromatic heterocycles. The zero-order chi connectivity index (χ0) is 16.4. The highest BCUT2D eigenvalue weighted by Crippen LogP contribution is 2.30. The van der Waals surface area contributed by atoms with E-state index < -0.39 is 0 Å². The van der Waals surface area contributed by atoms with Crippen molar-refractivity contribution in [1.29, 1.82) is 0 Å². The second-order valence-corrected chi connectivity index (χ2v) is 5.76. The number of nitrogens with one attached hydrogen (secondary N) is 2. The van der Waals surface area contributed by atoms with Crippen LogP contribution >= 0.6 is 11.6 Å². The monoisotopic (exact) mass is 335 g/mol. The van der Waals surface area contributed by atoms with E-state index in [2.05, 4.69) is 25.3 Å². The van der Waals surface area contributed by atoms with Crippen LogP contribution in [-0.4, -0.2) is 19.9 Å². The van der Waals surface area contributed by atoms with E-state index >= 15 is 0 Å². The molecule has 0 saturated heterocycles. The van der Waals surface area contributed by atoms with E-state index in [0.717, 1.165) is 33.5 Å². The van der Waals surface area contributed by atoms with Crippen molar-refractivity contribution in [2.45, 2.75) is 6.54 Å². The van der Waals surface area contributed by atoms with Gasteiger partial charge in [0.1, 0.15) is 16.6 Å². The number of aromatic nitrogens is 4. The molecule has 0 radical (unpaired) electrons. The predicted octanol–water partition coefficient (Wildman–Crippen LogP) is 4.29. The molecule has 0 aliphatic carbocycles. The van der Waals surface area contributed by atoms with Gasteiger partial charge in [-0.3, -0.25) is 4.98 Å². The fourth-order valence-electron chi connectivity index (χ4n) is 2.63. The van der Waals surface area contributed by atoms with Crippen molar-refractivity contribution in [3.63, 3.8) is 0 Å². The Morgan fingerprint density at radius 3 is 2.83 bits per heavy atom. The summed E-state index contributed by atoms with van der Waals surface area (Å²) >= 11 is 6.21. The van der Waals surface area contributed by atoms with E-state index in [0.29, 0.717) is 11.7 Å². The van der Waals surface area contributed by atoms with Gasteiger partial charge < -0.3 is 10.3 Å². The highest BCUT2D eigenvalue weighted by molar-refractivity contribution is 6.29. The van der Waals surface area contributed by atoms with Gasteiger partial charge in [0.15, 0.2) is 0 Å². The van der Waals surface area contributed by atoms with Gasteiger partial charge in [0, 0.05) is 42.3 Å². The molecule has 4 heterocycles. The first-order chi connectivity index (χ1) is 11.8. The lowest BCUT2D eigenvalue weighted by Crippen LogP contribution is -2.01. The lowest BCUT2D eigenvalue weighted by Gasteiger charge is -2.08. The summed E-state index contributed by atoms with van der Waals surface area (Å²) < 4.78 is 0. The molecule has 118 valence electrons. The van der Waals surface area contributed by atoms with Crippen LogP contribution in [0, 0.1) is 0 Å². The van der Waals surface area contributed by atoms with E-state index in [-0.39, 0.29) is 0 Å². The molecule has 0 saturated carbocycles. The fraction of sp³-hybridized carbons (Fsp3) is 0.0556. The van der Waals surface area contributed by atoms with Crippen molar-refractivity contribution in [3.05, 3.63) is 71.9 Å². The molecule has 0 bridgehead atoms. The second kappa shape index (κ2) is 6.29. The molecule has 2 N–H and O–H groups in total. The maximum Gasteiger partial charge on any atom is 0.137 e. The molecule has 0 atom stereocenters. The number of pyridine rings is 3. The normalized spacial score (nSPS) is 10.9. The molecule has 5 nitrogen and oxygen atoms in total. The van der Waals surface area contributed by atoms with E-state index in [9.17, 15) is 0 Å². The largest absolute Gasteiger partial charge is 0.366 e. The Kier molecular flexibility index (Phi) is 3.84. The Morgan fingerprint density at radius 1 is 1.08 bits per heavy atom. The van der Waals surface area contributed by atoms with E-state index in [4.69, 9.17) is 11.6 Å². The third-order valence-corrected chi connectivity index (χ3v) is 3.97. The molecule has 0 aliphatic rings. The third-order valence-electron chi connectivity index (χ3n) is 3.78.